The molecule has 0 aliphatic carbocycles. The number of carbonyl (C=O) groups is 4. The Hall–Kier alpha value is -5.51. The third-order valence-electron chi connectivity index (χ3n) is 7.52. The molecule has 1 fully saturated rings. The van der Waals surface area contributed by atoms with Gasteiger partial charge >= 0.3 is 5.97 Å². The van der Waals surface area contributed by atoms with Crippen LogP contribution in [0.25, 0.3) is 0 Å². The maximum absolute atomic E-state index is 13.4. The van der Waals surface area contributed by atoms with Gasteiger partial charge in [-0.05, 0) is 55.0 Å². The molecule has 0 bridgehead atoms. The monoisotopic (exact) mass is 591 g/mol. The Morgan fingerprint density at radius 1 is 0.818 bits per heavy atom. The molecule has 10 heteroatoms. The highest BCUT2D eigenvalue weighted by molar-refractivity contribution is 6.07. The first kappa shape index (κ1) is 30.0. The van der Waals surface area contributed by atoms with Crippen LogP contribution < -0.4 is 15.5 Å². The van der Waals surface area contributed by atoms with Gasteiger partial charge in [-0.25, -0.2) is 0 Å². The van der Waals surface area contributed by atoms with E-state index in [2.05, 4.69) is 20.5 Å². The van der Waals surface area contributed by atoms with Crippen LogP contribution in [0, 0.1) is 6.92 Å². The molecule has 0 spiro atoms. The van der Waals surface area contributed by atoms with Gasteiger partial charge in [-0.15, -0.1) is 0 Å². The molecular formula is C34H33N5O5. The van der Waals surface area contributed by atoms with E-state index in [0.717, 1.165) is 5.56 Å². The number of pyridine rings is 1. The number of hydrogen-bond donors (Lipinski definition) is 3. The third kappa shape index (κ3) is 7.27. The van der Waals surface area contributed by atoms with Crippen molar-refractivity contribution in [3.63, 3.8) is 0 Å². The first-order valence-electron chi connectivity index (χ1n) is 14.3. The highest BCUT2D eigenvalue weighted by Gasteiger charge is 2.25. The smallest absolute Gasteiger partial charge is 0.305 e. The Balaban J connectivity index is 1.38. The van der Waals surface area contributed by atoms with Gasteiger partial charge in [0, 0.05) is 49.7 Å². The lowest BCUT2D eigenvalue weighted by Crippen LogP contribution is -2.49. The Morgan fingerprint density at radius 2 is 1.52 bits per heavy atom. The molecule has 5 rings (SSSR count). The molecular weight excluding hydrogens is 558 g/mol. The van der Waals surface area contributed by atoms with Crippen LogP contribution in [-0.4, -0.2) is 64.9 Å². The summed E-state index contributed by atoms with van der Waals surface area (Å²) in [4.78, 5) is 59.1. The summed E-state index contributed by atoms with van der Waals surface area (Å²) in [5.41, 5.74) is 4.06. The van der Waals surface area contributed by atoms with Crippen molar-refractivity contribution in [2.24, 2.45) is 0 Å². The maximum Gasteiger partial charge on any atom is 0.305 e. The fourth-order valence-corrected chi connectivity index (χ4v) is 5.13. The SMILES string of the molecule is Cc1ccc(C(CC(=O)O)NC(=O)c2ccc(N3CCN(C(=O)c4ccccc4)CC3)c(NC(=O)c3cccnc3)c2)cc1. The minimum atomic E-state index is -1.04. The zero-order valence-corrected chi connectivity index (χ0v) is 24.3. The molecule has 10 nitrogen and oxygen atoms in total. The Bertz CT molecular complexity index is 1640. The van der Waals surface area contributed by atoms with E-state index >= 15 is 0 Å². The van der Waals surface area contributed by atoms with E-state index in [-0.39, 0.29) is 17.9 Å². The van der Waals surface area contributed by atoms with E-state index < -0.39 is 23.8 Å². The summed E-state index contributed by atoms with van der Waals surface area (Å²) < 4.78 is 0. The maximum atomic E-state index is 13.4. The molecule has 1 unspecified atom stereocenters. The summed E-state index contributed by atoms with van der Waals surface area (Å²) in [6.07, 6.45) is 2.74. The van der Waals surface area contributed by atoms with Crippen molar-refractivity contribution in [1.29, 1.82) is 0 Å². The molecule has 2 heterocycles. The van der Waals surface area contributed by atoms with Crippen molar-refractivity contribution in [3.8, 4) is 0 Å². The lowest BCUT2D eigenvalue weighted by Gasteiger charge is -2.37. The number of aromatic nitrogens is 1. The fourth-order valence-electron chi connectivity index (χ4n) is 5.13. The predicted octanol–water partition coefficient (Wildman–Crippen LogP) is 4.55. The average Bonchev–Trinajstić information content (AvgIpc) is 3.05. The normalized spacial score (nSPS) is 13.6. The zero-order chi connectivity index (χ0) is 31.1. The van der Waals surface area contributed by atoms with Gasteiger partial charge in [0.1, 0.15) is 0 Å². The Labute approximate surface area is 255 Å². The highest BCUT2D eigenvalue weighted by atomic mass is 16.4. The van der Waals surface area contributed by atoms with E-state index in [4.69, 9.17) is 0 Å². The van der Waals surface area contributed by atoms with Gasteiger partial charge in [-0.3, -0.25) is 24.2 Å². The number of carboxylic acids is 1. The molecule has 1 aliphatic rings. The highest BCUT2D eigenvalue weighted by Crippen LogP contribution is 2.30. The van der Waals surface area contributed by atoms with Crippen molar-refractivity contribution >= 4 is 35.1 Å². The van der Waals surface area contributed by atoms with Crippen LogP contribution in [-0.2, 0) is 4.79 Å². The van der Waals surface area contributed by atoms with Crippen molar-refractivity contribution in [2.75, 3.05) is 36.4 Å². The van der Waals surface area contributed by atoms with Gasteiger partial charge in [-0.1, -0.05) is 48.0 Å². The van der Waals surface area contributed by atoms with Gasteiger partial charge in [0.25, 0.3) is 17.7 Å². The minimum Gasteiger partial charge on any atom is -0.481 e. The summed E-state index contributed by atoms with van der Waals surface area (Å²) >= 11 is 0. The molecule has 0 saturated carbocycles. The number of nitrogens with one attached hydrogen (secondary N) is 2. The number of aryl methyl sites for hydroxylation is 1. The minimum absolute atomic E-state index is 0.0353. The van der Waals surface area contributed by atoms with Gasteiger partial charge in [0.15, 0.2) is 0 Å². The second-order valence-corrected chi connectivity index (χ2v) is 10.6. The number of nitrogens with zero attached hydrogens (tertiary/aromatic N) is 3. The lowest BCUT2D eigenvalue weighted by molar-refractivity contribution is -0.137. The summed E-state index contributed by atoms with van der Waals surface area (Å²) in [5, 5.41) is 15.3. The van der Waals surface area contributed by atoms with Crippen LogP contribution in [0.1, 0.15) is 54.7 Å². The summed E-state index contributed by atoms with van der Waals surface area (Å²) in [6.45, 7) is 3.94. The van der Waals surface area contributed by atoms with Crippen molar-refractivity contribution in [3.05, 3.63) is 125 Å². The Morgan fingerprint density at radius 3 is 2.18 bits per heavy atom. The first-order valence-corrected chi connectivity index (χ1v) is 14.3. The molecule has 3 aromatic carbocycles. The van der Waals surface area contributed by atoms with E-state index in [1.54, 1.807) is 65.7 Å². The second-order valence-electron chi connectivity index (χ2n) is 10.6. The Kier molecular flexibility index (Phi) is 9.29. The van der Waals surface area contributed by atoms with Crippen molar-refractivity contribution < 1.29 is 24.3 Å². The quantitative estimate of drug-likeness (QED) is 0.260. The number of hydrogen-bond acceptors (Lipinski definition) is 6. The number of anilines is 2. The number of carboxylic acid groups (broad SMARTS) is 1. The van der Waals surface area contributed by atoms with E-state index in [0.29, 0.717) is 54.2 Å². The van der Waals surface area contributed by atoms with E-state index in [1.165, 1.54) is 6.20 Å². The molecule has 1 atom stereocenters. The largest absolute Gasteiger partial charge is 0.481 e. The topological polar surface area (TPSA) is 132 Å². The number of rotatable bonds is 9. The van der Waals surface area contributed by atoms with Crippen LogP contribution in [0.2, 0.25) is 0 Å². The number of amides is 3. The molecule has 1 aromatic heterocycles. The van der Waals surface area contributed by atoms with Crippen LogP contribution in [0.5, 0.6) is 0 Å². The molecule has 1 saturated heterocycles. The molecule has 3 amide bonds. The zero-order valence-electron chi connectivity index (χ0n) is 24.3. The van der Waals surface area contributed by atoms with Gasteiger partial charge in [0.05, 0.1) is 29.4 Å². The predicted molar refractivity (Wildman–Crippen MR) is 167 cm³/mol. The standard InChI is InChI=1S/C34H33N5O5/c1-23-9-11-24(12-10-23)28(21-31(40)41)36-32(42)26-13-14-30(29(20-26)37-33(43)27-8-5-15-35-22-27)38-16-18-39(19-17-38)34(44)25-6-3-2-4-7-25/h2-15,20,22,28H,16-19,21H2,1H3,(H,36,42)(H,37,43)(H,40,41). The number of piperazine rings is 1. The number of carbonyl (C=O) groups excluding carboxylic acids is 3. The van der Waals surface area contributed by atoms with Gasteiger partial charge < -0.3 is 25.5 Å². The van der Waals surface area contributed by atoms with Crippen LogP contribution in [0.15, 0.2) is 97.3 Å². The van der Waals surface area contributed by atoms with Crippen LogP contribution >= 0.6 is 0 Å². The van der Waals surface area contributed by atoms with E-state index in [1.807, 2.05) is 37.3 Å². The first-order chi connectivity index (χ1) is 21.3. The van der Waals surface area contributed by atoms with Gasteiger partial charge in [-0.2, -0.15) is 0 Å². The lowest BCUT2D eigenvalue weighted by atomic mass is 10.0. The molecule has 1 aliphatic heterocycles. The van der Waals surface area contributed by atoms with E-state index in [9.17, 15) is 24.3 Å². The molecule has 4 aromatic rings. The molecule has 44 heavy (non-hydrogen) atoms. The number of aliphatic carboxylic acids is 1. The summed E-state index contributed by atoms with van der Waals surface area (Å²) in [5.74, 6) is -1.94. The third-order valence-corrected chi connectivity index (χ3v) is 7.52. The van der Waals surface area contributed by atoms with Crippen molar-refractivity contribution in [1.82, 2.24) is 15.2 Å². The van der Waals surface area contributed by atoms with Crippen molar-refractivity contribution in [2.45, 2.75) is 19.4 Å². The average molecular weight is 592 g/mol. The number of benzene rings is 3. The van der Waals surface area contributed by atoms with Crippen LogP contribution in [0.3, 0.4) is 0 Å². The molecule has 3 N–H and O–H groups in total. The summed E-state index contributed by atoms with van der Waals surface area (Å²) in [6, 6.07) is 24.0. The fraction of sp³-hybridized carbons (Fsp3) is 0.206. The molecule has 224 valence electrons. The van der Waals surface area contributed by atoms with Crippen LogP contribution in [0.4, 0.5) is 11.4 Å². The van der Waals surface area contributed by atoms with Gasteiger partial charge in [0.2, 0.25) is 0 Å². The summed E-state index contributed by atoms with van der Waals surface area (Å²) in [7, 11) is 0. The molecule has 0 radical (unpaired) electrons. The second kappa shape index (κ2) is 13.6.